The molecule has 2 heterocycles. The first-order valence-corrected chi connectivity index (χ1v) is 6.61. The minimum absolute atomic E-state index is 0.0755. The van der Waals surface area contributed by atoms with Crippen LogP contribution in [0.1, 0.15) is 6.92 Å². The number of urea groups is 1. The Kier molecular flexibility index (Phi) is 3.27. The number of carbonyl (C=O) groups excluding carboxylic acids is 2. The molecule has 3 rings (SSSR count). The van der Waals surface area contributed by atoms with Gasteiger partial charge in [0, 0.05) is 24.8 Å². The van der Waals surface area contributed by atoms with E-state index >= 15 is 0 Å². The maximum absolute atomic E-state index is 12.9. The Bertz CT molecular complexity index is 638. The fourth-order valence-electron chi connectivity index (χ4n) is 2.27. The molecule has 0 unspecified atom stereocenters. The molecule has 0 aromatic heterocycles. The van der Waals surface area contributed by atoms with E-state index in [1.165, 1.54) is 18.2 Å². The van der Waals surface area contributed by atoms with Gasteiger partial charge in [0.15, 0.2) is 11.5 Å². The van der Waals surface area contributed by atoms with Crippen molar-refractivity contribution < 1.29 is 27.8 Å². The SMILES string of the molecule is C[C@H](Nc1ccc2c(c1)OC(F)(F)O2)C(=O)N1CCNC1=O. The van der Waals surface area contributed by atoms with Crippen LogP contribution in [-0.2, 0) is 4.79 Å². The van der Waals surface area contributed by atoms with E-state index in [-0.39, 0.29) is 11.5 Å². The highest BCUT2D eigenvalue weighted by Crippen LogP contribution is 2.42. The normalized spacial score (nSPS) is 19.8. The van der Waals surface area contributed by atoms with E-state index in [1.807, 2.05) is 0 Å². The maximum atomic E-state index is 12.9. The standard InChI is InChI=1S/C13H13F2N3O4/c1-7(11(19)18-5-4-16-12(18)20)17-8-2-3-9-10(6-8)22-13(14,15)21-9/h2-3,6-7,17H,4-5H2,1H3,(H,16,20)/t7-/m0/s1. The highest BCUT2D eigenvalue weighted by atomic mass is 19.3. The number of carbonyl (C=O) groups is 2. The Morgan fingerprint density at radius 3 is 2.82 bits per heavy atom. The van der Waals surface area contributed by atoms with Crippen LogP contribution in [0.2, 0.25) is 0 Å². The van der Waals surface area contributed by atoms with Crippen LogP contribution in [0, 0.1) is 0 Å². The molecule has 22 heavy (non-hydrogen) atoms. The number of amides is 3. The van der Waals surface area contributed by atoms with E-state index in [1.54, 1.807) is 6.92 Å². The van der Waals surface area contributed by atoms with Crippen molar-refractivity contribution in [2.75, 3.05) is 18.4 Å². The zero-order chi connectivity index (χ0) is 15.9. The number of alkyl halides is 2. The first kappa shape index (κ1) is 14.4. The number of nitrogens with zero attached hydrogens (tertiary/aromatic N) is 1. The van der Waals surface area contributed by atoms with Crippen molar-refractivity contribution in [1.82, 2.24) is 10.2 Å². The minimum Gasteiger partial charge on any atom is -0.395 e. The number of ether oxygens (including phenoxy) is 2. The van der Waals surface area contributed by atoms with Crippen molar-refractivity contribution in [1.29, 1.82) is 0 Å². The molecule has 9 heteroatoms. The van der Waals surface area contributed by atoms with Gasteiger partial charge in [0.05, 0.1) is 0 Å². The van der Waals surface area contributed by atoms with E-state index in [4.69, 9.17) is 0 Å². The third kappa shape index (κ3) is 2.61. The van der Waals surface area contributed by atoms with Crippen molar-refractivity contribution >= 4 is 17.6 Å². The summed E-state index contributed by atoms with van der Waals surface area (Å²) in [5.41, 5.74) is 0.403. The molecule has 1 aromatic rings. The van der Waals surface area contributed by atoms with Crippen LogP contribution in [0.25, 0.3) is 0 Å². The van der Waals surface area contributed by atoms with Gasteiger partial charge in [0.25, 0.3) is 5.91 Å². The minimum atomic E-state index is -3.68. The molecule has 0 saturated carbocycles. The Hall–Kier alpha value is -2.58. The molecule has 1 saturated heterocycles. The summed E-state index contributed by atoms with van der Waals surface area (Å²) in [5, 5.41) is 5.38. The monoisotopic (exact) mass is 313 g/mol. The second-order valence-electron chi connectivity index (χ2n) is 4.92. The van der Waals surface area contributed by atoms with Gasteiger partial charge in [-0.2, -0.15) is 0 Å². The number of fused-ring (bicyclic) bond motifs is 1. The van der Waals surface area contributed by atoms with Crippen molar-refractivity contribution in [3.63, 3.8) is 0 Å². The number of halogens is 2. The maximum Gasteiger partial charge on any atom is 0.586 e. The molecule has 0 spiro atoms. The summed E-state index contributed by atoms with van der Waals surface area (Å²) in [6, 6.07) is 2.97. The summed E-state index contributed by atoms with van der Waals surface area (Å²) < 4.78 is 34.5. The van der Waals surface area contributed by atoms with Crippen LogP contribution in [-0.4, -0.2) is 42.3 Å². The van der Waals surface area contributed by atoms with Crippen LogP contribution in [0.4, 0.5) is 19.3 Å². The predicted molar refractivity (Wildman–Crippen MR) is 70.8 cm³/mol. The third-order valence-corrected chi connectivity index (χ3v) is 3.28. The molecule has 3 amide bonds. The number of hydrogen-bond acceptors (Lipinski definition) is 5. The zero-order valence-electron chi connectivity index (χ0n) is 11.6. The Labute approximate surface area is 124 Å². The third-order valence-electron chi connectivity index (χ3n) is 3.28. The fraction of sp³-hybridized carbons (Fsp3) is 0.385. The number of imide groups is 1. The molecule has 2 aliphatic rings. The van der Waals surface area contributed by atoms with Crippen molar-refractivity contribution in [3.8, 4) is 11.5 Å². The van der Waals surface area contributed by atoms with E-state index in [0.717, 1.165) is 4.90 Å². The lowest BCUT2D eigenvalue weighted by molar-refractivity contribution is -0.286. The lowest BCUT2D eigenvalue weighted by atomic mass is 10.2. The van der Waals surface area contributed by atoms with Gasteiger partial charge in [0.2, 0.25) is 0 Å². The molecule has 1 atom stereocenters. The number of rotatable bonds is 3. The van der Waals surface area contributed by atoms with Gasteiger partial charge < -0.3 is 20.1 Å². The van der Waals surface area contributed by atoms with Gasteiger partial charge in [-0.1, -0.05) is 0 Å². The highest BCUT2D eigenvalue weighted by molar-refractivity contribution is 5.99. The zero-order valence-corrected chi connectivity index (χ0v) is 11.6. The average molecular weight is 313 g/mol. The van der Waals surface area contributed by atoms with Crippen molar-refractivity contribution in [2.45, 2.75) is 19.3 Å². The molecule has 1 aromatic carbocycles. The smallest absolute Gasteiger partial charge is 0.395 e. The van der Waals surface area contributed by atoms with E-state index in [9.17, 15) is 18.4 Å². The number of hydrogen-bond donors (Lipinski definition) is 2. The van der Waals surface area contributed by atoms with E-state index in [0.29, 0.717) is 18.8 Å². The molecule has 7 nitrogen and oxygen atoms in total. The Morgan fingerprint density at radius 2 is 2.14 bits per heavy atom. The summed E-state index contributed by atoms with van der Waals surface area (Å²) >= 11 is 0. The quantitative estimate of drug-likeness (QED) is 0.881. The topological polar surface area (TPSA) is 79.9 Å². The van der Waals surface area contributed by atoms with Gasteiger partial charge in [-0.15, -0.1) is 8.78 Å². The molecule has 0 bridgehead atoms. The first-order chi connectivity index (χ1) is 10.4. The molecule has 118 valence electrons. The van der Waals surface area contributed by atoms with E-state index in [2.05, 4.69) is 20.1 Å². The van der Waals surface area contributed by atoms with Gasteiger partial charge in [-0.25, -0.2) is 4.79 Å². The molecule has 2 N–H and O–H groups in total. The lowest BCUT2D eigenvalue weighted by Gasteiger charge is -2.19. The second-order valence-corrected chi connectivity index (χ2v) is 4.92. The lowest BCUT2D eigenvalue weighted by Crippen LogP contribution is -2.43. The van der Waals surface area contributed by atoms with Crippen LogP contribution in [0.15, 0.2) is 18.2 Å². The van der Waals surface area contributed by atoms with Crippen LogP contribution in [0.5, 0.6) is 11.5 Å². The molecular weight excluding hydrogens is 300 g/mol. The number of benzene rings is 1. The molecule has 1 fully saturated rings. The summed E-state index contributed by atoms with van der Waals surface area (Å²) in [6.45, 7) is 2.29. The average Bonchev–Trinajstić information content (AvgIpc) is 2.98. The predicted octanol–water partition coefficient (Wildman–Crippen LogP) is 1.36. The van der Waals surface area contributed by atoms with Gasteiger partial charge in [-0.3, -0.25) is 9.69 Å². The summed E-state index contributed by atoms with van der Waals surface area (Å²) in [4.78, 5) is 24.7. The van der Waals surface area contributed by atoms with Gasteiger partial charge >= 0.3 is 12.3 Å². The van der Waals surface area contributed by atoms with Gasteiger partial charge in [0.1, 0.15) is 6.04 Å². The largest absolute Gasteiger partial charge is 0.586 e. The number of anilines is 1. The Balaban J connectivity index is 1.69. The summed E-state index contributed by atoms with van der Waals surface area (Å²) in [5.74, 6) is -0.597. The summed E-state index contributed by atoms with van der Waals surface area (Å²) in [6.07, 6.45) is -3.68. The van der Waals surface area contributed by atoms with Gasteiger partial charge in [-0.05, 0) is 19.1 Å². The molecule has 0 radical (unpaired) electrons. The van der Waals surface area contributed by atoms with Crippen molar-refractivity contribution in [3.05, 3.63) is 18.2 Å². The van der Waals surface area contributed by atoms with Crippen molar-refractivity contribution in [2.24, 2.45) is 0 Å². The second kappa shape index (κ2) is 5.00. The summed E-state index contributed by atoms with van der Waals surface area (Å²) in [7, 11) is 0. The van der Waals surface area contributed by atoms with Crippen LogP contribution in [0.3, 0.4) is 0 Å². The molecule has 0 aliphatic carbocycles. The first-order valence-electron chi connectivity index (χ1n) is 6.61. The molecular formula is C13H13F2N3O4. The molecule has 2 aliphatic heterocycles. The number of nitrogens with one attached hydrogen (secondary N) is 2. The Morgan fingerprint density at radius 1 is 1.41 bits per heavy atom. The highest BCUT2D eigenvalue weighted by Gasteiger charge is 2.43. The fourth-order valence-corrected chi connectivity index (χ4v) is 2.27. The van der Waals surface area contributed by atoms with Crippen LogP contribution >= 0.6 is 0 Å². The van der Waals surface area contributed by atoms with Crippen LogP contribution < -0.4 is 20.1 Å². The van der Waals surface area contributed by atoms with E-state index < -0.39 is 24.3 Å².